The van der Waals surface area contributed by atoms with Crippen LogP contribution in [0.1, 0.15) is 0 Å². The van der Waals surface area contributed by atoms with Crippen molar-refractivity contribution in [3.63, 3.8) is 0 Å². The van der Waals surface area contributed by atoms with Crippen molar-refractivity contribution in [2.24, 2.45) is 0 Å². The van der Waals surface area contributed by atoms with Crippen LogP contribution in [-0.4, -0.2) is 66.8 Å². The van der Waals surface area contributed by atoms with Crippen LogP contribution in [0.15, 0.2) is 0 Å². The summed E-state index contributed by atoms with van der Waals surface area (Å²) in [5.41, 5.74) is 0. The first kappa shape index (κ1) is 183. The number of hydrogen-bond acceptors (Lipinski definition) is 4. The van der Waals surface area contributed by atoms with Crippen LogP contribution in [-0.2, 0) is 27.2 Å². The molecule has 0 unspecified atom stereocenters. The minimum Gasteiger partial charge on any atom is -0.759 e. The van der Waals surface area contributed by atoms with Gasteiger partial charge in [-0.25, -0.2) is 0 Å². The molecule has 0 atom stereocenters. The van der Waals surface area contributed by atoms with Crippen molar-refractivity contribution in [3.05, 3.63) is 0 Å². The van der Waals surface area contributed by atoms with E-state index in [-0.39, 0.29) is 66.1 Å². The number of hydrogen-bond donors (Lipinski definition) is 0. The molecule has 1 radical (unpaired) electrons. The van der Waals surface area contributed by atoms with Gasteiger partial charge in [-0.3, -0.25) is 8.42 Å². The minimum atomic E-state index is -5.17. The summed E-state index contributed by atoms with van der Waals surface area (Å²) >= 11 is 0. The van der Waals surface area contributed by atoms with Gasteiger partial charge in [0.1, 0.15) is 0 Å². The molecule has 18 N–H and O–H groups in total. The maximum atomic E-state index is 8.52. The molecule has 0 aliphatic carbocycles. The molecular formula is H18CoO13S. The predicted molar refractivity (Wildman–Crippen MR) is 43.0 cm³/mol. The zero-order chi connectivity index (χ0) is 4.50. The second-order valence-electron chi connectivity index (χ2n) is 0.408. The van der Waals surface area contributed by atoms with E-state index in [0.29, 0.717) is 0 Å². The Bertz CT molecular complexity index is 93.7. The van der Waals surface area contributed by atoms with E-state index < -0.39 is 10.4 Å². The van der Waals surface area contributed by atoms with E-state index >= 15 is 0 Å². The third-order valence-corrected chi connectivity index (χ3v) is 0. The van der Waals surface area contributed by atoms with Gasteiger partial charge in [0.15, 0.2) is 0 Å². The van der Waals surface area contributed by atoms with E-state index in [2.05, 4.69) is 0 Å². The van der Waals surface area contributed by atoms with Crippen molar-refractivity contribution >= 4 is 10.4 Å². The SMILES string of the molecule is O.O.O.O.O.O.O.O.O.O=S(=O)([O-])[O-].[Co+2]. The standard InChI is InChI=1S/Co.H2O4S.9H2O/c;1-5(2,3)4;;;;;;;;;/h;(H2,1,2,3,4);9*1H2/q+2;;;;;;;;;;/p-2. The topological polar surface area (TPSA) is 364 Å². The largest absolute Gasteiger partial charge is 2.00 e. The Hall–Kier alpha value is 0.0165. The monoisotopic (exact) mass is 317 g/mol. The Morgan fingerprint density at radius 3 is 0.533 bits per heavy atom. The molecule has 15 heavy (non-hydrogen) atoms. The summed E-state index contributed by atoms with van der Waals surface area (Å²) in [7, 11) is -5.17. The van der Waals surface area contributed by atoms with Gasteiger partial charge in [0.25, 0.3) is 0 Å². The zero-order valence-corrected chi connectivity index (χ0v) is 8.73. The van der Waals surface area contributed by atoms with Crippen LogP contribution in [0.5, 0.6) is 0 Å². The first-order valence-electron chi connectivity index (χ1n) is 0.667. The third kappa shape index (κ3) is 7440000. The molecule has 15 heteroatoms. The fourth-order valence-corrected chi connectivity index (χ4v) is 0. The maximum absolute atomic E-state index is 8.52. The molecule has 0 aromatic rings. The quantitative estimate of drug-likeness (QED) is 0.309. The molecule has 0 rings (SSSR count). The molecule has 0 amide bonds. The van der Waals surface area contributed by atoms with Crippen molar-refractivity contribution in [2.75, 3.05) is 0 Å². The van der Waals surface area contributed by atoms with Crippen molar-refractivity contribution < 1.29 is 83.6 Å². The van der Waals surface area contributed by atoms with Gasteiger partial charge >= 0.3 is 16.8 Å². The molecule has 0 aromatic heterocycles. The maximum Gasteiger partial charge on any atom is 2.00 e. The molecule has 0 heterocycles. The Labute approximate surface area is 94.7 Å². The third-order valence-electron chi connectivity index (χ3n) is 0. The molecule has 0 bridgehead atoms. The van der Waals surface area contributed by atoms with Gasteiger partial charge < -0.3 is 58.4 Å². The summed E-state index contributed by atoms with van der Waals surface area (Å²) in [6, 6.07) is 0. The van der Waals surface area contributed by atoms with Crippen LogP contribution in [0.3, 0.4) is 0 Å². The average Bonchev–Trinajstić information content (AvgIpc) is 0.722. The fraction of sp³-hybridized carbons (Fsp3) is 0. The van der Waals surface area contributed by atoms with Gasteiger partial charge in [0.2, 0.25) is 0 Å². The Morgan fingerprint density at radius 2 is 0.533 bits per heavy atom. The molecule has 111 valence electrons. The van der Waals surface area contributed by atoms with Crippen LogP contribution in [0.25, 0.3) is 0 Å². The Kier molecular flexibility index (Phi) is 800. The molecule has 0 spiro atoms. The van der Waals surface area contributed by atoms with Crippen LogP contribution in [0, 0.1) is 0 Å². The van der Waals surface area contributed by atoms with Gasteiger partial charge in [0.05, 0.1) is 0 Å². The Balaban J connectivity index is -0.00000000178. The second-order valence-corrected chi connectivity index (χ2v) is 1.22. The fourth-order valence-electron chi connectivity index (χ4n) is 0. The minimum absolute atomic E-state index is 0. The molecule has 13 nitrogen and oxygen atoms in total. The molecule has 0 saturated carbocycles. The van der Waals surface area contributed by atoms with Crippen LogP contribution in [0.2, 0.25) is 0 Å². The normalized spacial score (nSPS) is 3.87. The summed E-state index contributed by atoms with van der Waals surface area (Å²) in [5, 5.41) is 0. The summed E-state index contributed by atoms with van der Waals surface area (Å²) in [4.78, 5) is 0. The molecular weight excluding hydrogens is 299 g/mol. The summed E-state index contributed by atoms with van der Waals surface area (Å²) < 4.78 is 34.1. The van der Waals surface area contributed by atoms with E-state index in [1.165, 1.54) is 0 Å². The first-order chi connectivity index (χ1) is 2.00. The summed E-state index contributed by atoms with van der Waals surface area (Å²) in [5.74, 6) is 0. The predicted octanol–water partition coefficient (Wildman–Crippen LogP) is -8.76. The van der Waals surface area contributed by atoms with E-state index in [4.69, 9.17) is 17.5 Å². The summed E-state index contributed by atoms with van der Waals surface area (Å²) in [6.07, 6.45) is 0. The van der Waals surface area contributed by atoms with E-state index in [1.54, 1.807) is 0 Å². The van der Waals surface area contributed by atoms with Crippen molar-refractivity contribution in [2.45, 2.75) is 0 Å². The van der Waals surface area contributed by atoms with E-state index in [0.717, 1.165) is 0 Å². The average molecular weight is 317 g/mol. The van der Waals surface area contributed by atoms with Crippen molar-refractivity contribution in [3.8, 4) is 0 Å². The molecule has 0 aromatic carbocycles. The van der Waals surface area contributed by atoms with Gasteiger partial charge in [0, 0.05) is 10.4 Å². The van der Waals surface area contributed by atoms with Gasteiger partial charge in [-0.05, 0) is 0 Å². The molecule has 0 fully saturated rings. The van der Waals surface area contributed by atoms with Crippen LogP contribution < -0.4 is 0 Å². The van der Waals surface area contributed by atoms with Crippen LogP contribution in [0.4, 0.5) is 0 Å². The Morgan fingerprint density at radius 1 is 0.533 bits per heavy atom. The summed E-state index contributed by atoms with van der Waals surface area (Å²) in [6.45, 7) is 0. The number of rotatable bonds is 0. The zero-order valence-electron chi connectivity index (χ0n) is 6.87. The first-order valence-corrected chi connectivity index (χ1v) is 2.00. The van der Waals surface area contributed by atoms with Crippen molar-refractivity contribution in [1.82, 2.24) is 0 Å². The van der Waals surface area contributed by atoms with E-state index in [9.17, 15) is 0 Å². The van der Waals surface area contributed by atoms with Gasteiger partial charge in [-0.2, -0.15) is 0 Å². The van der Waals surface area contributed by atoms with Gasteiger partial charge in [-0.1, -0.05) is 0 Å². The van der Waals surface area contributed by atoms with Crippen LogP contribution >= 0.6 is 0 Å². The molecule has 0 aliphatic heterocycles. The van der Waals surface area contributed by atoms with E-state index in [1.807, 2.05) is 0 Å². The van der Waals surface area contributed by atoms with Crippen molar-refractivity contribution in [1.29, 1.82) is 0 Å². The smallest absolute Gasteiger partial charge is 0.759 e. The molecule has 0 aliphatic rings. The van der Waals surface area contributed by atoms with Gasteiger partial charge in [-0.15, -0.1) is 0 Å². The molecule has 0 saturated heterocycles. The second kappa shape index (κ2) is 65.6.